The molecule has 1 saturated heterocycles. The van der Waals surface area contributed by atoms with Crippen molar-refractivity contribution in [1.29, 1.82) is 5.26 Å². The van der Waals surface area contributed by atoms with Gasteiger partial charge in [0.2, 0.25) is 0 Å². The molecule has 1 atom stereocenters. The van der Waals surface area contributed by atoms with Crippen molar-refractivity contribution in [2.24, 2.45) is 0 Å². The number of anilines is 1. The average molecular weight is 249 g/mol. The Morgan fingerprint density at radius 1 is 1.11 bits per heavy atom. The molecular weight excluding hydrogens is 234 g/mol. The zero-order chi connectivity index (χ0) is 13.1. The maximum absolute atomic E-state index is 8.96. The van der Waals surface area contributed by atoms with Crippen molar-refractivity contribution in [2.75, 3.05) is 11.4 Å². The number of hydrogen-bond donors (Lipinski definition) is 0. The Labute approximate surface area is 113 Å². The second kappa shape index (κ2) is 5.11. The Bertz CT molecular complexity index is 601. The van der Waals surface area contributed by atoms with E-state index in [1.165, 1.54) is 5.56 Å². The van der Waals surface area contributed by atoms with Gasteiger partial charge in [0.05, 0.1) is 6.04 Å². The van der Waals surface area contributed by atoms with Gasteiger partial charge in [-0.2, -0.15) is 5.26 Å². The molecule has 1 aromatic heterocycles. The van der Waals surface area contributed by atoms with E-state index in [0.717, 1.165) is 25.2 Å². The van der Waals surface area contributed by atoms with E-state index < -0.39 is 0 Å². The second-order valence-electron chi connectivity index (χ2n) is 4.75. The van der Waals surface area contributed by atoms with Crippen LogP contribution in [0.2, 0.25) is 0 Å². The lowest BCUT2D eigenvalue weighted by molar-refractivity contribution is 0.711. The van der Waals surface area contributed by atoms with Crippen LogP contribution in [-0.4, -0.2) is 11.5 Å². The number of nitriles is 1. The summed E-state index contributed by atoms with van der Waals surface area (Å²) in [6, 6.07) is 18.6. The minimum absolute atomic E-state index is 0.377. The third-order valence-electron chi connectivity index (χ3n) is 3.58. The van der Waals surface area contributed by atoms with Crippen LogP contribution in [0.3, 0.4) is 0 Å². The zero-order valence-corrected chi connectivity index (χ0v) is 10.7. The molecule has 0 amide bonds. The fourth-order valence-electron chi connectivity index (χ4n) is 2.71. The molecule has 0 saturated carbocycles. The zero-order valence-electron chi connectivity index (χ0n) is 10.7. The third-order valence-corrected chi connectivity index (χ3v) is 3.58. The Balaban J connectivity index is 1.93. The lowest BCUT2D eigenvalue weighted by Gasteiger charge is -2.26. The highest BCUT2D eigenvalue weighted by Gasteiger charge is 2.26. The lowest BCUT2D eigenvalue weighted by atomic mass is 10.0. The summed E-state index contributed by atoms with van der Waals surface area (Å²) >= 11 is 0. The van der Waals surface area contributed by atoms with E-state index in [0.29, 0.717) is 11.7 Å². The van der Waals surface area contributed by atoms with Crippen molar-refractivity contribution in [3.05, 3.63) is 59.8 Å². The fourth-order valence-corrected chi connectivity index (χ4v) is 2.71. The first-order valence-electron chi connectivity index (χ1n) is 6.57. The lowest BCUT2D eigenvalue weighted by Crippen LogP contribution is -2.23. The Hall–Kier alpha value is -2.34. The van der Waals surface area contributed by atoms with Crippen LogP contribution in [0.15, 0.2) is 48.5 Å². The molecule has 94 valence electrons. The van der Waals surface area contributed by atoms with Crippen molar-refractivity contribution in [3.63, 3.8) is 0 Å². The molecule has 3 nitrogen and oxygen atoms in total. The molecule has 1 unspecified atom stereocenters. The maximum Gasteiger partial charge on any atom is 0.142 e. The molecular formula is C16H15N3. The summed E-state index contributed by atoms with van der Waals surface area (Å²) in [5.74, 6) is 0.908. The highest BCUT2D eigenvalue weighted by atomic mass is 15.2. The van der Waals surface area contributed by atoms with E-state index in [2.05, 4.69) is 40.2 Å². The smallest absolute Gasteiger partial charge is 0.142 e. The van der Waals surface area contributed by atoms with Crippen molar-refractivity contribution in [3.8, 4) is 6.07 Å². The van der Waals surface area contributed by atoms with E-state index in [-0.39, 0.29) is 0 Å². The predicted molar refractivity (Wildman–Crippen MR) is 74.7 cm³/mol. The Morgan fingerprint density at radius 3 is 2.74 bits per heavy atom. The van der Waals surface area contributed by atoms with Crippen LogP contribution < -0.4 is 4.90 Å². The SMILES string of the molecule is N#Cc1cccc(N2CCCC2c2ccccc2)n1. The first-order chi connectivity index (χ1) is 9.38. The van der Waals surface area contributed by atoms with Gasteiger partial charge in [0.25, 0.3) is 0 Å². The van der Waals surface area contributed by atoms with Crippen molar-refractivity contribution >= 4 is 5.82 Å². The van der Waals surface area contributed by atoms with Crippen LogP contribution >= 0.6 is 0 Å². The van der Waals surface area contributed by atoms with Crippen molar-refractivity contribution in [1.82, 2.24) is 4.98 Å². The van der Waals surface area contributed by atoms with Crippen LogP contribution in [0.4, 0.5) is 5.82 Å². The summed E-state index contributed by atoms with van der Waals surface area (Å²) in [6.07, 6.45) is 2.31. The normalized spacial score (nSPS) is 18.3. The molecule has 1 fully saturated rings. The van der Waals surface area contributed by atoms with Gasteiger partial charge in [0, 0.05) is 6.54 Å². The standard InChI is InChI=1S/C16H15N3/c17-12-14-8-4-10-16(18-14)19-11-5-9-15(19)13-6-2-1-3-7-13/h1-4,6-8,10,15H,5,9,11H2. The van der Waals surface area contributed by atoms with Crippen molar-refractivity contribution < 1.29 is 0 Å². The summed E-state index contributed by atoms with van der Waals surface area (Å²) in [6.45, 7) is 1.00. The van der Waals surface area contributed by atoms with Gasteiger partial charge < -0.3 is 4.90 Å². The van der Waals surface area contributed by atoms with Gasteiger partial charge in [-0.15, -0.1) is 0 Å². The summed E-state index contributed by atoms with van der Waals surface area (Å²) in [5.41, 5.74) is 1.81. The topological polar surface area (TPSA) is 39.9 Å². The first-order valence-corrected chi connectivity index (χ1v) is 6.57. The van der Waals surface area contributed by atoms with Crippen LogP contribution in [0.5, 0.6) is 0 Å². The van der Waals surface area contributed by atoms with Gasteiger partial charge in [-0.3, -0.25) is 0 Å². The monoisotopic (exact) mass is 249 g/mol. The largest absolute Gasteiger partial charge is 0.350 e. The fraction of sp³-hybridized carbons (Fsp3) is 0.250. The van der Waals surface area contributed by atoms with E-state index in [9.17, 15) is 0 Å². The maximum atomic E-state index is 8.96. The first kappa shape index (κ1) is 11.7. The van der Waals surface area contributed by atoms with Gasteiger partial charge in [0.1, 0.15) is 17.6 Å². The Kier molecular flexibility index (Phi) is 3.16. The number of rotatable bonds is 2. The van der Waals surface area contributed by atoms with E-state index >= 15 is 0 Å². The quantitative estimate of drug-likeness (QED) is 0.820. The number of hydrogen-bond acceptors (Lipinski definition) is 3. The average Bonchev–Trinajstić information content (AvgIpc) is 2.98. The van der Waals surface area contributed by atoms with Gasteiger partial charge in [-0.05, 0) is 30.5 Å². The van der Waals surface area contributed by atoms with E-state index in [1.807, 2.05) is 18.2 Å². The predicted octanol–water partition coefficient (Wildman–Crippen LogP) is 3.29. The van der Waals surface area contributed by atoms with Crippen molar-refractivity contribution in [2.45, 2.75) is 18.9 Å². The Morgan fingerprint density at radius 2 is 1.95 bits per heavy atom. The van der Waals surface area contributed by atoms with Crippen LogP contribution in [0, 0.1) is 11.3 Å². The summed E-state index contributed by atoms with van der Waals surface area (Å²) in [5, 5.41) is 8.96. The molecule has 3 heteroatoms. The highest BCUT2D eigenvalue weighted by Crippen LogP contribution is 2.34. The van der Waals surface area contributed by atoms with Gasteiger partial charge in [-0.1, -0.05) is 36.4 Å². The molecule has 0 bridgehead atoms. The number of nitrogens with zero attached hydrogens (tertiary/aromatic N) is 3. The minimum Gasteiger partial charge on any atom is -0.350 e. The van der Waals surface area contributed by atoms with Gasteiger partial charge in [-0.25, -0.2) is 4.98 Å². The molecule has 0 spiro atoms. The molecule has 3 rings (SSSR count). The van der Waals surface area contributed by atoms with E-state index in [1.54, 1.807) is 6.07 Å². The molecule has 0 aliphatic carbocycles. The number of aromatic nitrogens is 1. The van der Waals surface area contributed by atoms with Crippen LogP contribution in [-0.2, 0) is 0 Å². The molecule has 1 aliphatic rings. The molecule has 0 radical (unpaired) electrons. The number of pyridine rings is 1. The van der Waals surface area contributed by atoms with E-state index in [4.69, 9.17) is 5.26 Å². The third kappa shape index (κ3) is 2.30. The highest BCUT2D eigenvalue weighted by molar-refractivity contribution is 5.46. The molecule has 2 heterocycles. The molecule has 1 aliphatic heterocycles. The second-order valence-corrected chi connectivity index (χ2v) is 4.75. The number of benzene rings is 1. The van der Waals surface area contributed by atoms with Gasteiger partial charge >= 0.3 is 0 Å². The molecule has 19 heavy (non-hydrogen) atoms. The molecule has 2 aromatic rings. The van der Waals surface area contributed by atoms with Gasteiger partial charge in [0.15, 0.2) is 0 Å². The van der Waals surface area contributed by atoms with Crippen LogP contribution in [0.1, 0.15) is 30.1 Å². The molecule has 0 N–H and O–H groups in total. The summed E-state index contributed by atoms with van der Waals surface area (Å²) < 4.78 is 0. The summed E-state index contributed by atoms with van der Waals surface area (Å²) in [4.78, 5) is 6.72. The summed E-state index contributed by atoms with van der Waals surface area (Å²) in [7, 11) is 0. The van der Waals surface area contributed by atoms with Crippen LogP contribution in [0.25, 0.3) is 0 Å². The minimum atomic E-state index is 0.377. The molecule has 1 aromatic carbocycles.